The zero-order valence-electron chi connectivity index (χ0n) is 34.2. The van der Waals surface area contributed by atoms with E-state index in [2.05, 4.69) is 43.5 Å². The van der Waals surface area contributed by atoms with Crippen molar-refractivity contribution in [3.63, 3.8) is 0 Å². The maximum atomic E-state index is 12.5. The van der Waals surface area contributed by atoms with E-state index in [0.717, 1.165) is 38.5 Å². The normalized spacial score (nSPS) is 13.7. The average Bonchev–Trinajstić information content (AvgIpc) is 3.13. The highest BCUT2D eigenvalue weighted by atomic mass is 16.3. The van der Waals surface area contributed by atoms with E-state index >= 15 is 0 Å². The third-order valence-corrected chi connectivity index (χ3v) is 10.6. The number of rotatable bonds is 41. The van der Waals surface area contributed by atoms with Crippen LogP contribution in [0.1, 0.15) is 239 Å². The predicted octanol–water partition coefficient (Wildman–Crippen LogP) is 13.0. The maximum absolute atomic E-state index is 12.5. The lowest BCUT2D eigenvalue weighted by atomic mass is 10.0. The molecule has 3 unspecified atom stereocenters. The van der Waals surface area contributed by atoms with Gasteiger partial charge in [-0.3, -0.25) is 4.79 Å². The molecule has 0 radical (unpaired) electrons. The zero-order valence-corrected chi connectivity index (χ0v) is 34.2. The van der Waals surface area contributed by atoms with E-state index in [1.165, 1.54) is 173 Å². The molecule has 5 nitrogen and oxygen atoms in total. The molecule has 5 heteroatoms. The Morgan fingerprint density at radius 3 is 1.18 bits per heavy atom. The molecule has 0 fully saturated rings. The SMILES string of the molecule is CCCCCCCCCCC/C=C\C/C=C\CCCCCCCCCCC(O)C(=O)NC(CO)C(O)CCCCCCCCCCCCCCC. The minimum atomic E-state index is -1.08. The van der Waals surface area contributed by atoms with E-state index < -0.39 is 24.2 Å². The fourth-order valence-corrected chi connectivity index (χ4v) is 6.99. The van der Waals surface area contributed by atoms with Gasteiger partial charge in [0, 0.05) is 0 Å². The van der Waals surface area contributed by atoms with Crippen molar-refractivity contribution in [3.8, 4) is 0 Å². The molecule has 0 aromatic heterocycles. The van der Waals surface area contributed by atoms with Gasteiger partial charge in [-0.05, 0) is 44.9 Å². The van der Waals surface area contributed by atoms with Gasteiger partial charge in [-0.2, -0.15) is 0 Å². The lowest BCUT2D eigenvalue weighted by Gasteiger charge is -2.23. The summed E-state index contributed by atoms with van der Waals surface area (Å²) in [6, 6.07) is -0.712. The number of hydrogen-bond acceptors (Lipinski definition) is 4. The molecule has 0 rings (SSSR count). The van der Waals surface area contributed by atoms with Crippen molar-refractivity contribution in [1.82, 2.24) is 5.32 Å². The monoisotopic (exact) mass is 720 g/mol. The molecule has 51 heavy (non-hydrogen) atoms. The number of nitrogens with one attached hydrogen (secondary N) is 1. The second-order valence-electron chi connectivity index (χ2n) is 15.6. The summed E-state index contributed by atoms with van der Waals surface area (Å²) in [6.45, 7) is 4.23. The van der Waals surface area contributed by atoms with Crippen LogP contribution in [0.4, 0.5) is 0 Å². The summed E-state index contributed by atoms with van der Waals surface area (Å²) in [5.74, 6) is -0.474. The van der Waals surface area contributed by atoms with Crippen molar-refractivity contribution < 1.29 is 20.1 Å². The minimum absolute atomic E-state index is 0.314. The number of carbonyl (C=O) groups excluding carboxylic acids is 1. The van der Waals surface area contributed by atoms with Crippen molar-refractivity contribution in [3.05, 3.63) is 24.3 Å². The van der Waals surface area contributed by atoms with Gasteiger partial charge in [-0.15, -0.1) is 0 Å². The number of carbonyl (C=O) groups is 1. The van der Waals surface area contributed by atoms with Crippen LogP contribution in [0.3, 0.4) is 0 Å². The summed E-state index contributed by atoms with van der Waals surface area (Å²) >= 11 is 0. The highest BCUT2D eigenvalue weighted by Gasteiger charge is 2.23. The largest absolute Gasteiger partial charge is 0.394 e. The van der Waals surface area contributed by atoms with Crippen LogP contribution in [0.15, 0.2) is 24.3 Å². The lowest BCUT2D eigenvalue weighted by Crippen LogP contribution is -2.49. The Morgan fingerprint density at radius 2 is 0.804 bits per heavy atom. The Labute approximate surface area is 318 Å². The molecule has 0 aromatic carbocycles. The van der Waals surface area contributed by atoms with Crippen molar-refractivity contribution in [2.24, 2.45) is 0 Å². The van der Waals surface area contributed by atoms with Gasteiger partial charge >= 0.3 is 0 Å². The van der Waals surface area contributed by atoms with Crippen LogP contribution in [0.2, 0.25) is 0 Å². The topological polar surface area (TPSA) is 89.8 Å². The molecule has 0 heterocycles. The Hall–Kier alpha value is -1.17. The number of allylic oxidation sites excluding steroid dienone is 4. The van der Waals surface area contributed by atoms with Crippen LogP contribution in [0.25, 0.3) is 0 Å². The molecule has 1 amide bonds. The molecule has 0 bridgehead atoms. The van der Waals surface area contributed by atoms with Crippen LogP contribution < -0.4 is 5.32 Å². The first-order chi connectivity index (χ1) is 25.1. The fraction of sp³-hybridized carbons (Fsp3) is 0.891. The Morgan fingerprint density at radius 1 is 0.471 bits per heavy atom. The van der Waals surface area contributed by atoms with E-state index in [9.17, 15) is 20.1 Å². The van der Waals surface area contributed by atoms with E-state index in [-0.39, 0.29) is 6.61 Å². The summed E-state index contributed by atoms with van der Waals surface area (Å²) < 4.78 is 0. The third-order valence-electron chi connectivity index (χ3n) is 10.6. The van der Waals surface area contributed by atoms with Crippen LogP contribution in [-0.4, -0.2) is 46.1 Å². The lowest BCUT2D eigenvalue weighted by molar-refractivity contribution is -0.131. The van der Waals surface area contributed by atoms with Crippen LogP contribution in [-0.2, 0) is 4.79 Å². The molecule has 0 aliphatic carbocycles. The van der Waals surface area contributed by atoms with Gasteiger partial charge in [-0.1, -0.05) is 218 Å². The summed E-state index contributed by atoms with van der Waals surface area (Å²) in [6.07, 6.45) is 50.4. The van der Waals surface area contributed by atoms with Gasteiger partial charge in [0.15, 0.2) is 0 Å². The van der Waals surface area contributed by atoms with E-state index in [1.54, 1.807) is 0 Å². The molecule has 0 saturated carbocycles. The second-order valence-corrected chi connectivity index (χ2v) is 15.6. The Bertz CT molecular complexity index is 754. The van der Waals surface area contributed by atoms with Crippen LogP contribution in [0.5, 0.6) is 0 Å². The minimum Gasteiger partial charge on any atom is -0.394 e. The fourth-order valence-electron chi connectivity index (χ4n) is 6.99. The van der Waals surface area contributed by atoms with E-state index in [0.29, 0.717) is 12.8 Å². The maximum Gasteiger partial charge on any atom is 0.249 e. The van der Waals surface area contributed by atoms with Gasteiger partial charge in [-0.25, -0.2) is 0 Å². The van der Waals surface area contributed by atoms with Crippen LogP contribution >= 0.6 is 0 Å². The first-order valence-corrected chi connectivity index (χ1v) is 22.6. The molecule has 302 valence electrons. The highest BCUT2D eigenvalue weighted by molar-refractivity contribution is 5.80. The van der Waals surface area contributed by atoms with Gasteiger partial charge < -0.3 is 20.6 Å². The Balaban J connectivity index is 3.61. The van der Waals surface area contributed by atoms with Gasteiger partial charge in [0.05, 0.1) is 18.8 Å². The second kappa shape index (κ2) is 41.6. The summed E-state index contributed by atoms with van der Waals surface area (Å²) in [5, 5.41) is 33.3. The number of amides is 1. The van der Waals surface area contributed by atoms with E-state index in [4.69, 9.17) is 0 Å². The molecule has 0 spiro atoms. The van der Waals surface area contributed by atoms with Crippen molar-refractivity contribution in [1.29, 1.82) is 0 Å². The molecule has 0 saturated heterocycles. The average molecular weight is 720 g/mol. The van der Waals surface area contributed by atoms with Crippen molar-refractivity contribution >= 4 is 5.91 Å². The summed E-state index contributed by atoms with van der Waals surface area (Å²) in [4.78, 5) is 12.5. The molecular weight excluding hydrogens is 631 g/mol. The smallest absolute Gasteiger partial charge is 0.249 e. The van der Waals surface area contributed by atoms with Crippen molar-refractivity contribution in [2.45, 2.75) is 257 Å². The zero-order chi connectivity index (χ0) is 37.3. The number of hydrogen-bond donors (Lipinski definition) is 4. The molecule has 0 aliphatic heterocycles. The molecule has 4 N–H and O–H groups in total. The number of aliphatic hydroxyl groups excluding tert-OH is 3. The van der Waals surface area contributed by atoms with Gasteiger partial charge in [0.25, 0.3) is 0 Å². The Kier molecular flexibility index (Phi) is 40.6. The van der Waals surface area contributed by atoms with Crippen molar-refractivity contribution in [2.75, 3.05) is 6.61 Å². The summed E-state index contributed by atoms with van der Waals surface area (Å²) in [5.41, 5.74) is 0. The molecule has 0 aromatic rings. The van der Waals surface area contributed by atoms with Gasteiger partial charge in [0.1, 0.15) is 6.10 Å². The number of unbranched alkanes of at least 4 members (excludes halogenated alkanes) is 29. The third kappa shape index (κ3) is 37.0. The summed E-state index contributed by atoms with van der Waals surface area (Å²) in [7, 11) is 0. The van der Waals surface area contributed by atoms with Crippen LogP contribution in [0, 0.1) is 0 Å². The first-order valence-electron chi connectivity index (χ1n) is 22.6. The highest BCUT2D eigenvalue weighted by Crippen LogP contribution is 2.16. The van der Waals surface area contributed by atoms with E-state index in [1.807, 2.05) is 0 Å². The standard InChI is InChI=1S/C46H89NO4/c1-3-5-7-9-11-13-15-17-18-19-20-21-22-23-24-25-26-27-29-31-33-35-37-39-41-45(50)46(51)47-43(42-48)44(49)40-38-36-34-32-30-28-16-14-12-10-8-6-4-2/h20-21,23-24,43-45,48-50H,3-19,22,25-42H2,1-2H3,(H,47,51)/b21-20-,24-23-. The first kappa shape index (κ1) is 49.8. The van der Waals surface area contributed by atoms with Gasteiger partial charge in [0.2, 0.25) is 5.91 Å². The quantitative estimate of drug-likeness (QED) is 0.0374. The predicted molar refractivity (Wildman–Crippen MR) is 222 cm³/mol. The molecular formula is C46H89NO4. The molecule has 0 aliphatic rings. The number of aliphatic hydroxyl groups is 3. The molecule has 3 atom stereocenters.